The molecule has 0 saturated heterocycles. The molecule has 0 aliphatic carbocycles. The fourth-order valence-corrected chi connectivity index (χ4v) is 2.15. The second-order valence-electron chi connectivity index (χ2n) is 3.72. The van der Waals surface area contributed by atoms with Crippen molar-refractivity contribution < 1.29 is 14.7 Å². The molecule has 5 nitrogen and oxygen atoms in total. The highest BCUT2D eigenvalue weighted by Crippen LogP contribution is 2.03. The van der Waals surface area contributed by atoms with Crippen molar-refractivity contribution in [3.63, 3.8) is 0 Å². The van der Waals surface area contributed by atoms with Crippen LogP contribution in [0.2, 0.25) is 0 Å². The molecule has 0 unspecified atom stereocenters. The van der Waals surface area contributed by atoms with E-state index in [9.17, 15) is 9.59 Å². The number of aromatic nitrogens is 1. The second-order valence-corrected chi connectivity index (χ2v) is 5.12. The van der Waals surface area contributed by atoms with Gasteiger partial charge in [0.25, 0.3) is 5.91 Å². The van der Waals surface area contributed by atoms with Gasteiger partial charge in [-0.1, -0.05) is 6.92 Å². The summed E-state index contributed by atoms with van der Waals surface area (Å²) in [6.45, 7) is 2.52. The molecule has 1 aromatic rings. The first-order chi connectivity index (χ1) is 8.65. The van der Waals surface area contributed by atoms with E-state index in [0.717, 1.165) is 17.9 Å². The van der Waals surface area contributed by atoms with Gasteiger partial charge in [-0.2, -0.15) is 11.8 Å². The minimum absolute atomic E-state index is 0.193. The molecule has 0 fully saturated rings. The topological polar surface area (TPSA) is 71.3 Å². The highest BCUT2D eigenvalue weighted by Gasteiger charge is 2.11. The van der Waals surface area contributed by atoms with Crippen LogP contribution in [0.5, 0.6) is 0 Å². The monoisotopic (exact) mass is 270 g/mol. The summed E-state index contributed by atoms with van der Waals surface area (Å²) in [6.07, 6.45) is 2.51. The van der Waals surface area contributed by atoms with E-state index in [2.05, 4.69) is 12.2 Å². The summed E-state index contributed by atoms with van der Waals surface area (Å²) in [5.41, 5.74) is 0.389. The van der Waals surface area contributed by atoms with E-state index in [1.54, 1.807) is 18.3 Å². The number of carboxylic acid groups (broad SMARTS) is 1. The quantitative estimate of drug-likeness (QED) is 0.701. The van der Waals surface area contributed by atoms with E-state index in [-0.39, 0.29) is 12.5 Å². The van der Waals surface area contributed by atoms with E-state index in [1.807, 2.05) is 11.8 Å². The lowest BCUT2D eigenvalue weighted by molar-refractivity contribution is -0.137. The summed E-state index contributed by atoms with van der Waals surface area (Å²) in [5.74, 6) is 0.921. The third-order valence-corrected chi connectivity index (χ3v) is 3.31. The van der Waals surface area contributed by atoms with Crippen LogP contribution in [0, 0.1) is 0 Å². The lowest BCUT2D eigenvalue weighted by Gasteiger charge is -2.07. The summed E-state index contributed by atoms with van der Waals surface area (Å²) in [4.78, 5) is 22.4. The Hall–Kier alpha value is -1.43. The minimum atomic E-state index is -0.959. The fraction of sp³-hybridized carbons (Fsp3) is 0.500. The zero-order valence-electron chi connectivity index (χ0n) is 10.4. The zero-order chi connectivity index (χ0) is 13.4. The average Bonchev–Trinajstić information content (AvgIpc) is 2.76. The van der Waals surface area contributed by atoms with Crippen molar-refractivity contribution in [3.8, 4) is 0 Å². The summed E-state index contributed by atoms with van der Waals surface area (Å²) in [5, 5.41) is 11.5. The van der Waals surface area contributed by atoms with Crippen LogP contribution in [-0.2, 0) is 11.3 Å². The van der Waals surface area contributed by atoms with Crippen molar-refractivity contribution in [2.24, 2.45) is 0 Å². The predicted molar refractivity (Wildman–Crippen MR) is 72.0 cm³/mol. The van der Waals surface area contributed by atoms with Gasteiger partial charge in [-0.3, -0.25) is 9.59 Å². The zero-order valence-corrected chi connectivity index (χ0v) is 11.2. The minimum Gasteiger partial charge on any atom is -0.480 e. The molecule has 0 saturated carbocycles. The Morgan fingerprint density at radius 3 is 2.94 bits per heavy atom. The SMILES string of the molecule is CCSCCCNC(=O)c1cccn1CC(=O)O. The van der Waals surface area contributed by atoms with Crippen LogP contribution in [0.1, 0.15) is 23.8 Å². The predicted octanol–water partition coefficient (Wildman–Crippen LogP) is 1.45. The Morgan fingerprint density at radius 2 is 2.28 bits per heavy atom. The van der Waals surface area contributed by atoms with Crippen molar-refractivity contribution in [1.82, 2.24) is 9.88 Å². The Morgan fingerprint density at radius 1 is 1.50 bits per heavy atom. The van der Waals surface area contributed by atoms with Crippen molar-refractivity contribution >= 4 is 23.6 Å². The van der Waals surface area contributed by atoms with Gasteiger partial charge in [-0.05, 0) is 30.1 Å². The summed E-state index contributed by atoms with van der Waals surface area (Å²) >= 11 is 1.83. The highest BCUT2D eigenvalue weighted by atomic mass is 32.2. The van der Waals surface area contributed by atoms with Gasteiger partial charge in [0, 0.05) is 12.7 Å². The Kier molecular flexibility index (Phi) is 6.35. The molecule has 18 heavy (non-hydrogen) atoms. The molecule has 0 aliphatic heterocycles. The average molecular weight is 270 g/mol. The van der Waals surface area contributed by atoms with Crippen LogP contribution >= 0.6 is 11.8 Å². The maximum absolute atomic E-state index is 11.8. The third kappa shape index (κ3) is 4.83. The number of hydrogen-bond donors (Lipinski definition) is 2. The van der Waals surface area contributed by atoms with E-state index >= 15 is 0 Å². The molecule has 0 aliphatic rings. The highest BCUT2D eigenvalue weighted by molar-refractivity contribution is 7.99. The molecule has 2 N–H and O–H groups in total. The lowest BCUT2D eigenvalue weighted by Crippen LogP contribution is -2.27. The molecular formula is C12H18N2O3S. The maximum Gasteiger partial charge on any atom is 0.323 e. The number of rotatable bonds is 8. The molecule has 0 spiro atoms. The van der Waals surface area contributed by atoms with E-state index < -0.39 is 5.97 Å². The second kappa shape index (κ2) is 7.81. The smallest absolute Gasteiger partial charge is 0.323 e. The number of aliphatic carboxylic acids is 1. The Bertz CT molecular complexity index is 404. The normalized spacial score (nSPS) is 10.3. The van der Waals surface area contributed by atoms with Crippen LogP contribution < -0.4 is 5.32 Å². The van der Waals surface area contributed by atoms with E-state index in [0.29, 0.717) is 12.2 Å². The van der Waals surface area contributed by atoms with Gasteiger partial charge in [0.2, 0.25) is 0 Å². The van der Waals surface area contributed by atoms with Crippen molar-refractivity contribution in [2.45, 2.75) is 19.9 Å². The van der Waals surface area contributed by atoms with Crippen LogP contribution in [-0.4, -0.2) is 39.6 Å². The molecule has 6 heteroatoms. The van der Waals surface area contributed by atoms with Gasteiger partial charge in [0.15, 0.2) is 0 Å². The summed E-state index contributed by atoms with van der Waals surface area (Å²) in [7, 11) is 0. The number of nitrogens with zero attached hydrogens (tertiary/aromatic N) is 1. The summed E-state index contributed by atoms with van der Waals surface area (Å²) < 4.78 is 1.43. The largest absolute Gasteiger partial charge is 0.480 e. The Balaban J connectivity index is 2.41. The number of carboxylic acids is 1. The molecule has 1 amide bonds. The molecule has 0 radical (unpaired) electrons. The summed E-state index contributed by atoms with van der Waals surface area (Å²) in [6, 6.07) is 3.30. The third-order valence-electron chi connectivity index (χ3n) is 2.32. The van der Waals surface area contributed by atoms with Crippen molar-refractivity contribution in [1.29, 1.82) is 0 Å². The van der Waals surface area contributed by atoms with Crippen molar-refractivity contribution in [3.05, 3.63) is 24.0 Å². The number of carbonyl (C=O) groups excluding carboxylic acids is 1. The number of nitrogens with one attached hydrogen (secondary N) is 1. The molecule has 0 bridgehead atoms. The van der Waals surface area contributed by atoms with Gasteiger partial charge in [-0.25, -0.2) is 0 Å². The molecule has 1 aromatic heterocycles. The van der Waals surface area contributed by atoms with Gasteiger partial charge in [0.05, 0.1) is 0 Å². The van der Waals surface area contributed by atoms with Crippen LogP contribution in [0.4, 0.5) is 0 Å². The number of amides is 1. The fourth-order valence-electron chi connectivity index (χ4n) is 1.51. The number of hydrogen-bond acceptors (Lipinski definition) is 3. The van der Waals surface area contributed by atoms with Crippen molar-refractivity contribution in [2.75, 3.05) is 18.1 Å². The molecule has 0 aromatic carbocycles. The first-order valence-corrected chi connectivity index (χ1v) is 7.03. The van der Waals surface area contributed by atoms with Crippen LogP contribution in [0.15, 0.2) is 18.3 Å². The standard InChI is InChI=1S/C12H18N2O3S/c1-2-18-8-4-6-13-12(17)10-5-3-7-14(10)9-11(15)16/h3,5,7H,2,4,6,8-9H2,1H3,(H,13,17)(H,15,16). The van der Waals surface area contributed by atoms with Gasteiger partial charge in [-0.15, -0.1) is 0 Å². The van der Waals surface area contributed by atoms with Gasteiger partial charge < -0.3 is 15.0 Å². The first kappa shape index (κ1) is 14.6. The van der Waals surface area contributed by atoms with Gasteiger partial charge in [0.1, 0.15) is 12.2 Å². The maximum atomic E-state index is 11.8. The van der Waals surface area contributed by atoms with E-state index in [4.69, 9.17) is 5.11 Å². The van der Waals surface area contributed by atoms with E-state index in [1.165, 1.54) is 4.57 Å². The van der Waals surface area contributed by atoms with Crippen LogP contribution in [0.3, 0.4) is 0 Å². The number of carbonyl (C=O) groups is 2. The molecule has 1 heterocycles. The Labute approximate surface area is 111 Å². The molecule has 1 rings (SSSR count). The molecular weight excluding hydrogens is 252 g/mol. The number of thioether (sulfide) groups is 1. The molecule has 0 atom stereocenters. The first-order valence-electron chi connectivity index (χ1n) is 5.88. The van der Waals surface area contributed by atoms with Crippen LogP contribution in [0.25, 0.3) is 0 Å². The molecule has 100 valence electrons. The lowest BCUT2D eigenvalue weighted by atomic mass is 10.3. The van der Waals surface area contributed by atoms with Gasteiger partial charge >= 0.3 is 5.97 Å².